The third-order valence-corrected chi connectivity index (χ3v) is 7.96. The van der Waals surface area contributed by atoms with Crippen molar-refractivity contribution in [3.8, 4) is 0 Å². The molecule has 206 valence electrons. The van der Waals surface area contributed by atoms with Crippen molar-refractivity contribution in [1.29, 1.82) is 0 Å². The van der Waals surface area contributed by atoms with Gasteiger partial charge in [0.05, 0.1) is 5.41 Å². The Morgan fingerprint density at radius 2 is 1.49 bits per heavy atom. The van der Waals surface area contributed by atoms with Gasteiger partial charge in [-0.3, -0.25) is 4.79 Å². The first-order chi connectivity index (χ1) is 18.2. The standard InChI is InChI=1S/C34H40N2O2.BrH/c1-33(2)26-18-13-15-20-28(26)35(5)30(33)22-10-7-6-8-11-23-31-34(3,4)27-19-14-16-21-29(27)36(31)25-17-9-12-24-32(37)38;/h6-8,10-11,13-16,18-23H,9,12,17,24-25H2,1-5H3;1H. The van der Waals surface area contributed by atoms with Crippen molar-refractivity contribution in [3.05, 3.63) is 108 Å². The van der Waals surface area contributed by atoms with E-state index in [1.807, 2.05) is 0 Å². The highest BCUT2D eigenvalue weighted by Crippen LogP contribution is 2.47. The van der Waals surface area contributed by atoms with E-state index >= 15 is 0 Å². The summed E-state index contributed by atoms with van der Waals surface area (Å²) in [7, 11) is 2.14. The Morgan fingerprint density at radius 3 is 2.21 bits per heavy atom. The lowest BCUT2D eigenvalue weighted by molar-refractivity contribution is -0.401. The van der Waals surface area contributed by atoms with Crippen LogP contribution in [0, 0.1) is 0 Å². The van der Waals surface area contributed by atoms with Gasteiger partial charge >= 0.3 is 5.97 Å². The molecular weight excluding hydrogens is 548 g/mol. The molecule has 4 rings (SSSR count). The minimum atomic E-state index is -0.714. The van der Waals surface area contributed by atoms with E-state index in [9.17, 15) is 4.79 Å². The fourth-order valence-electron chi connectivity index (χ4n) is 5.89. The average molecular weight is 590 g/mol. The van der Waals surface area contributed by atoms with Gasteiger partial charge < -0.3 is 27.0 Å². The van der Waals surface area contributed by atoms with Crippen molar-refractivity contribution in [1.82, 2.24) is 0 Å². The van der Waals surface area contributed by atoms with Gasteiger partial charge in [-0.25, -0.2) is 0 Å². The Labute approximate surface area is 244 Å². The number of unbranched alkanes of at least 4 members (excludes halogenated alkanes) is 2. The molecule has 0 amide bonds. The molecule has 0 atom stereocenters. The second-order valence-corrected chi connectivity index (χ2v) is 11.3. The number of hydrogen-bond donors (Lipinski definition) is 1. The second kappa shape index (κ2) is 12.8. The van der Waals surface area contributed by atoms with E-state index < -0.39 is 5.97 Å². The van der Waals surface area contributed by atoms with Crippen LogP contribution in [-0.4, -0.2) is 35.0 Å². The maximum atomic E-state index is 10.8. The highest BCUT2D eigenvalue weighted by molar-refractivity contribution is 6.03. The molecule has 0 unspecified atom stereocenters. The Bertz CT molecular complexity index is 1340. The first-order valence-corrected chi connectivity index (χ1v) is 13.7. The lowest BCUT2D eigenvalue weighted by Gasteiger charge is -2.27. The fourth-order valence-corrected chi connectivity index (χ4v) is 5.89. The quantitative estimate of drug-likeness (QED) is 0.249. The number of carbonyl (C=O) groups is 1. The molecule has 2 aromatic rings. The molecule has 0 radical (unpaired) electrons. The number of benzene rings is 2. The number of halogens is 1. The molecule has 0 aliphatic carbocycles. The fraction of sp³-hybridized carbons (Fsp3) is 0.353. The van der Waals surface area contributed by atoms with Gasteiger partial charge in [0.25, 0.3) is 0 Å². The number of aliphatic carboxylic acids is 1. The zero-order valence-corrected chi connectivity index (χ0v) is 25.4. The van der Waals surface area contributed by atoms with E-state index in [1.165, 1.54) is 33.9 Å². The van der Waals surface area contributed by atoms with Crippen molar-refractivity contribution < 1.29 is 31.5 Å². The van der Waals surface area contributed by atoms with Gasteiger partial charge in [0.2, 0.25) is 5.69 Å². The van der Waals surface area contributed by atoms with Crippen molar-refractivity contribution in [3.63, 3.8) is 0 Å². The largest absolute Gasteiger partial charge is 1.00 e. The number of allylic oxidation sites excluding steroid dienone is 8. The SMILES string of the molecule is C[N+]1=C(C=CC=CC=CC=C2N(CCCCCC(=O)O)c3ccccc3C2(C)C)C(C)(C)c2ccccc21.[Br-]. The molecular formula is C34H41BrN2O2. The molecule has 5 heteroatoms. The third kappa shape index (κ3) is 6.36. The van der Waals surface area contributed by atoms with Crippen LogP contribution in [0.1, 0.15) is 64.5 Å². The van der Waals surface area contributed by atoms with E-state index in [0.717, 1.165) is 25.8 Å². The van der Waals surface area contributed by atoms with Crippen LogP contribution in [-0.2, 0) is 15.6 Å². The van der Waals surface area contributed by atoms with Crippen molar-refractivity contribution in [2.75, 3.05) is 18.5 Å². The molecule has 0 spiro atoms. The van der Waals surface area contributed by atoms with Crippen LogP contribution in [0.25, 0.3) is 0 Å². The maximum absolute atomic E-state index is 10.8. The maximum Gasteiger partial charge on any atom is 0.303 e. The van der Waals surface area contributed by atoms with Crippen LogP contribution in [0.3, 0.4) is 0 Å². The molecule has 0 saturated carbocycles. The molecule has 1 N–H and O–H groups in total. The molecule has 0 saturated heterocycles. The van der Waals surface area contributed by atoms with Gasteiger partial charge in [-0.2, -0.15) is 4.58 Å². The molecule has 39 heavy (non-hydrogen) atoms. The van der Waals surface area contributed by atoms with Crippen molar-refractivity contribution >= 4 is 23.1 Å². The summed E-state index contributed by atoms with van der Waals surface area (Å²) in [5.41, 5.74) is 7.70. The van der Waals surface area contributed by atoms with Gasteiger partial charge in [0.15, 0.2) is 5.71 Å². The molecule has 2 aliphatic rings. The molecule has 0 bridgehead atoms. The first-order valence-electron chi connectivity index (χ1n) is 13.7. The summed E-state index contributed by atoms with van der Waals surface area (Å²) in [5, 5.41) is 8.93. The summed E-state index contributed by atoms with van der Waals surface area (Å²) < 4.78 is 2.29. The van der Waals surface area contributed by atoms with Crippen molar-refractivity contribution in [2.45, 2.75) is 64.2 Å². The van der Waals surface area contributed by atoms with Crippen molar-refractivity contribution in [2.24, 2.45) is 0 Å². The summed E-state index contributed by atoms with van der Waals surface area (Å²) in [6, 6.07) is 17.2. The predicted molar refractivity (Wildman–Crippen MR) is 159 cm³/mol. The number of para-hydroxylation sites is 2. The Balaban J connectivity index is 0.00000420. The highest BCUT2D eigenvalue weighted by Gasteiger charge is 2.42. The average Bonchev–Trinajstić information content (AvgIpc) is 3.22. The van der Waals surface area contributed by atoms with Crippen LogP contribution >= 0.6 is 0 Å². The Kier molecular flexibility index (Phi) is 9.95. The number of carboxylic acid groups (broad SMARTS) is 1. The molecule has 0 fully saturated rings. The van der Waals surface area contributed by atoms with Crippen LogP contribution < -0.4 is 21.9 Å². The van der Waals surface area contributed by atoms with E-state index in [0.29, 0.717) is 0 Å². The number of anilines is 1. The number of hydrogen-bond acceptors (Lipinski definition) is 2. The number of rotatable bonds is 10. The minimum Gasteiger partial charge on any atom is -1.00 e. The lowest BCUT2D eigenvalue weighted by Crippen LogP contribution is -3.00. The first kappa shape index (κ1) is 30.4. The highest BCUT2D eigenvalue weighted by atomic mass is 79.9. The zero-order valence-electron chi connectivity index (χ0n) is 23.8. The van der Waals surface area contributed by atoms with Crippen LogP contribution in [0.4, 0.5) is 11.4 Å². The monoisotopic (exact) mass is 588 g/mol. The van der Waals surface area contributed by atoms with Gasteiger partial charge in [0.1, 0.15) is 7.05 Å². The Morgan fingerprint density at radius 1 is 0.846 bits per heavy atom. The summed E-state index contributed by atoms with van der Waals surface area (Å²) in [6.45, 7) is 10.0. The third-order valence-electron chi connectivity index (χ3n) is 7.96. The van der Waals surface area contributed by atoms with Gasteiger partial charge in [-0.05, 0) is 44.4 Å². The van der Waals surface area contributed by atoms with E-state index in [1.54, 1.807) is 0 Å². The summed E-state index contributed by atoms with van der Waals surface area (Å²) in [5.74, 6) is -0.714. The summed E-state index contributed by atoms with van der Waals surface area (Å²) >= 11 is 0. The molecule has 2 aliphatic heterocycles. The smallest absolute Gasteiger partial charge is 0.303 e. The topological polar surface area (TPSA) is 43.5 Å². The molecule has 2 aromatic carbocycles. The van der Waals surface area contributed by atoms with Gasteiger partial charge in [0, 0.05) is 47.5 Å². The number of nitrogens with zero attached hydrogens (tertiary/aromatic N) is 2. The molecule has 2 heterocycles. The van der Waals surface area contributed by atoms with Gasteiger partial charge in [-0.15, -0.1) is 0 Å². The minimum absolute atomic E-state index is 0. The molecule has 4 nitrogen and oxygen atoms in total. The lowest BCUT2D eigenvalue weighted by atomic mass is 9.81. The second-order valence-electron chi connectivity index (χ2n) is 11.3. The van der Waals surface area contributed by atoms with E-state index in [2.05, 4.69) is 135 Å². The number of carboxylic acids is 1. The van der Waals surface area contributed by atoms with Crippen LogP contribution in [0.15, 0.2) is 96.8 Å². The zero-order chi connectivity index (χ0) is 27.3. The summed E-state index contributed by atoms with van der Waals surface area (Å²) in [4.78, 5) is 13.3. The van der Waals surface area contributed by atoms with Crippen LogP contribution in [0.2, 0.25) is 0 Å². The van der Waals surface area contributed by atoms with E-state index in [4.69, 9.17) is 5.11 Å². The van der Waals surface area contributed by atoms with Crippen LogP contribution in [0.5, 0.6) is 0 Å². The normalized spacial score (nSPS) is 18.4. The summed E-state index contributed by atoms with van der Waals surface area (Å²) in [6.07, 6.45) is 17.8. The predicted octanol–water partition coefficient (Wildman–Crippen LogP) is 4.69. The number of fused-ring (bicyclic) bond motifs is 2. The van der Waals surface area contributed by atoms with Gasteiger partial charge in [-0.1, -0.05) is 87.0 Å². The molecule has 0 aromatic heterocycles. The Hall–Kier alpha value is -3.18. The van der Waals surface area contributed by atoms with E-state index in [-0.39, 0.29) is 34.2 Å².